The topological polar surface area (TPSA) is 55.9 Å². The molecule has 158 valence electrons. The Labute approximate surface area is 178 Å². The lowest BCUT2D eigenvalue weighted by Crippen LogP contribution is -2.50. The molecule has 2 aromatic carbocycles. The lowest BCUT2D eigenvalue weighted by molar-refractivity contribution is 0.134. The van der Waals surface area contributed by atoms with Crippen LogP contribution in [0.15, 0.2) is 54.6 Å². The van der Waals surface area contributed by atoms with Crippen LogP contribution in [0.3, 0.4) is 0 Å². The summed E-state index contributed by atoms with van der Waals surface area (Å²) in [5, 5.41) is 3.01. The molecule has 2 aliphatic heterocycles. The van der Waals surface area contributed by atoms with Crippen LogP contribution in [0.5, 0.6) is 0 Å². The minimum atomic E-state index is -0.0209. The first-order chi connectivity index (χ1) is 14.6. The third-order valence-corrected chi connectivity index (χ3v) is 6.10. The van der Waals surface area contributed by atoms with E-state index >= 15 is 0 Å². The van der Waals surface area contributed by atoms with Crippen LogP contribution < -0.4 is 5.32 Å². The van der Waals surface area contributed by atoms with Crippen molar-refractivity contribution in [3.05, 3.63) is 71.3 Å². The molecule has 0 bridgehead atoms. The van der Waals surface area contributed by atoms with Gasteiger partial charge in [-0.1, -0.05) is 60.2 Å². The quantitative estimate of drug-likeness (QED) is 0.825. The smallest absolute Gasteiger partial charge is 0.320 e. The van der Waals surface area contributed by atoms with Gasteiger partial charge in [0.1, 0.15) is 0 Å². The van der Waals surface area contributed by atoms with Crippen molar-refractivity contribution in [1.29, 1.82) is 0 Å². The van der Waals surface area contributed by atoms with E-state index in [4.69, 9.17) is 0 Å². The predicted molar refractivity (Wildman–Crippen MR) is 117 cm³/mol. The number of urea groups is 2. The molecule has 6 nitrogen and oxygen atoms in total. The van der Waals surface area contributed by atoms with Gasteiger partial charge >= 0.3 is 12.1 Å². The van der Waals surface area contributed by atoms with Crippen LogP contribution in [-0.2, 0) is 13.1 Å². The second kappa shape index (κ2) is 9.20. The Kier molecular flexibility index (Phi) is 6.21. The third kappa shape index (κ3) is 4.75. The zero-order valence-corrected chi connectivity index (χ0v) is 17.6. The van der Waals surface area contributed by atoms with E-state index in [2.05, 4.69) is 36.5 Å². The molecule has 0 atom stereocenters. The van der Waals surface area contributed by atoms with E-state index in [0.29, 0.717) is 26.2 Å². The lowest BCUT2D eigenvalue weighted by Gasteiger charge is -2.36. The molecule has 0 aliphatic carbocycles. The summed E-state index contributed by atoms with van der Waals surface area (Å²) in [6.07, 6.45) is 1.67. The maximum absolute atomic E-state index is 12.9. The first-order valence-corrected chi connectivity index (χ1v) is 10.8. The highest BCUT2D eigenvalue weighted by atomic mass is 16.2. The van der Waals surface area contributed by atoms with Crippen molar-refractivity contribution < 1.29 is 9.59 Å². The third-order valence-electron chi connectivity index (χ3n) is 6.10. The molecule has 30 heavy (non-hydrogen) atoms. The Morgan fingerprint density at radius 2 is 1.63 bits per heavy atom. The number of hydrogen-bond acceptors (Lipinski definition) is 2. The number of aryl methyl sites for hydroxylation is 1. The molecular formula is C24H30N4O2. The largest absolute Gasteiger partial charge is 0.334 e. The van der Waals surface area contributed by atoms with E-state index in [1.807, 2.05) is 45.0 Å². The number of nitrogens with zero attached hydrogens (tertiary/aromatic N) is 3. The zero-order chi connectivity index (χ0) is 20.9. The van der Waals surface area contributed by atoms with Gasteiger partial charge in [0, 0.05) is 45.3 Å². The van der Waals surface area contributed by atoms with Gasteiger partial charge in [0.25, 0.3) is 0 Å². The Hall–Kier alpha value is -3.02. The van der Waals surface area contributed by atoms with E-state index in [9.17, 15) is 9.59 Å². The Morgan fingerprint density at radius 3 is 2.33 bits per heavy atom. The van der Waals surface area contributed by atoms with Crippen LogP contribution in [0.25, 0.3) is 0 Å². The fraction of sp³-hybridized carbons (Fsp3) is 0.417. The predicted octanol–water partition coefficient (Wildman–Crippen LogP) is 3.61. The van der Waals surface area contributed by atoms with Gasteiger partial charge in [-0.05, 0) is 30.9 Å². The van der Waals surface area contributed by atoms with E-state index in [0.717, 1.165) is 37.1 Å². The van der Waals surface area contributed by atoms with Crippen molar-refractivity contribution in [3.63, 3.8) is 0 Å². The summed E-state index contributed by atoms with van der Waals surface area (Å²) in [5.74, 6) is 0. The highest BCUT2D eigenvalue weighted by Crippen LogP contribution is 2.22. The number of piperidine rings is 1. The van der Waals surface area contributed by atoms with E-state index < -0.39 is 0 Å². The molecule has 0 radical (unpaired) electrons. The normalized spacial score (nSPS) is 17.5. The second-order valence-corrected chi connectivity index (χ2v) is 8.25. The minimum Gasteiger partial charge on any atom is -0.334 e. The molecule has 0 spiro atoms. The summed E-state index contributed by atoms with van der Waals surface area (Å²) in [6.45, 7) is 6.17. The summed E-state index contributed by atoms with van der Waals surface area (Å²) in [6, 6.07) is 18.7. The molecule has 0 aromatic heterocycles. The van der Waals surface area contributed by atoms with Gasteiger partial charge in [-0.25, -0.2) is 9.59 Å². The van der Waals surface area contributed by atoms with E-state index in [-0.39, 0.29) is 18.1 Å². The maximum Gasteiger partial charge on any atom is 0.320 e. The van der Waals surface area contributed by atoms with Gasteiger partial charge in [0.2, 0.25) is 0 Å². The number of benzene rings is 2. The average molecular weight is 407 g/mol. The van der Waals surface area contributed by atoms with Crippen LogP contribution in [0, 0.1) is 6.92 Å². The van der Waals surface area contributed by atoms with Gasteiger partial charge in [-0.2, -0.15) is 0 Å². The molecule has 1 N–H and O–H groups in total. The van der Waals surface area contributed by atoms with Gasteiger partial charge < -0.3 is 20.0 Å². The van der Waals surface area contributed by atoms with Crippen molar-refractivity contribution >= 4 is 12.1 Å². The molecule has 4 rings (SSSR count). The molecule has 2 heterocycles. The second-order valence-electron chi connectivity index (χ2n) is 8.25. The molecule has 2 aliphatic rings. The standard InChI is InChI=1S/C24H30N4O2/c1-19-7-9-20(10-8-19)17-25-23(29)26-13-11-22(12-14-26)28-16-15-27(24(28)30)18-21-5-3-2-4-6-21/h2-10,22H,11-18H2,1H3,(H,25,29). The molecule has 2 fully saturated rings. The lowest BCUT2D eigenvalue weighted by atomic mass is 10.0. The molecule has 0 saturated carbocycles. The van der Waals surface area contributed by atoms with Gasteiger partial charge in [0.05, 0.1) is 0 Å². The summed E-state index contributed by atoms with van der Waals surface area (Å²) < 4.78 is 0. The Bertz CT molecular complexity index is 861. The maximum atomic E-state index is 12.9. The minimum absolute atomic E-state index is 0.0209. The van der Waals surface area contributed by atoms with Crippen molar-refractivity contribution in [2.75, 3.05) is 26.2 Å². The highest BCUT2D eigenvalue weighted by Gasteiger charge is 2.35. The number of likely N-dealkylation sites (tertiary alicyclic amines) is 1. The molecule has 2 aromatic rings. The Morgan fingerprint density at radius 1 is 0.933 bits per heavy atom. The first kappa shape index (κ1) is 20.3. The van der Waals surface area contributed by atoms with Crippen LogP contribution in [0.1, 0.15) is 29.5 Å². The molecule has 0 unspecified atom stereocenters. The van der Waals surface area contributed by atoms with E-state index in [1.165, 1.54) is 5.56 Å². The van der Waals surface area contributed by atoms with Gasteiger partial charge in [-0.15, -0.1) is 0 Å². The number of hydrogen-bond donors (Lipinski definition) is 1. The highest BCUT2D eigenvalue weighted by molar-refractivity contribution is 5.77. The van der Waals surface area contributed by atoms with Crippen molar-refractivity contribution in [3.8, 4) is 0 Å². The first-order valence-electron chi connectivity index (χ1n) is 10.8. The monoisotopic (exact) mass is 406 g/mol. The summed E-state index contributed by atoms with van der Waals surface area (Å²) in [5.41, 5.74) is 3.48. The molecule has 6 heteroatoms. The number of carbonyl (C=O) groups is 2. The van der Waals surface area contributed by atoms with Crippen LogP contribution in [0.2, 0.25) is 0 Å². The van der Waals surface area contributed by atoms with Gasteiger partial charge in [-0.3, -0.25) is 0 Å². The summed E-state index contributed by atoms with van der Waals surface area (Å²) >= 11 is 0. The fourth-order valence-corrected chi connectivity index (χ4v) is 4.27. The van der Waals surface area contributed by atoms with Crippen LogP contribution in [0.4, 0.5) is 9.59 Å². The molecule has 2 saturated heterocycles. The fourth-order valence-electron chi connectivity index (χ4n) is 4.27. The van der Waals surface area contributed by atoms with Crippen molar-refractivity contribution in [2.45, 2.75) is 38.9 Å². The van der Waals surface area contributed by atoms with Gasteiger partial charge in [0.15, 0.2) is 0 Å². The van der Waals surface area contributed by atoms with E-state index in [1.54, 1.807) is 0 Å². The number of amides is 4. The number of nitrogens with one attached hydrogen (secondary N) is 1. The SMILES string of the molecule is Cc1ccc(CNC(=O)N2CCC(N3CCN(Cc4ccccc4)C3=O)CC2)cc1. The summed E-state index contributed by atoms with van der Waals surface area (Å²) in [4.78, 5) is 31.2. The molecule has 4 amide bonds. The van der Waals surface area contributed by atoms with Crippen molar-refractivity contribution in [1.82, 2.24) is 20.0 Å². The number of rotatable bonds is 5. The summed E-state index contributed by atoms with van der Waals surface area (Å²) in [7, 11) is 0. The average Bonchev–Trinajstić information content (AvgIpc) is 3.14. The molecular weight excluding hydrogens is 376 g/mol. The van der Waals surface area contributed by atoms with Crippen molar-refractivity contribution in [2.24, 2.45) is 0 Å². The van der Waals surface area contributed by atoms with Crippen LogP contribution in [-0.4, -0.2) is 59.0 Å². The van der Waals surface area contributed by atoms with Crippen LogP contribution >= 0.6 is 0 Å². The number of carbonyl (C=O) groups excluding carboxylic acids is 2. The zero-order valence-electron chi connectivity index (χ0n) is 17.6. The Balaban J connectivity index is 1.23.